The van der Waals surface area contributed by atoms with Crippen molar-refractivity contribution in [2.75, 3.05) is 19.6 Å². The number of rotatable bonds is 2. The Kier molecular flexibility index (Phi) is 5.22. The molecule has 1 amide bonds. The van der Waals surface area contributed by atoms with Crippen molar-refractivity contribution in [2.24, 2.45) is 0 Å². The van der Waals surface area contributed by atoms with Crippen LogP contribution in [-0.4, -0.2) is 57.4 Å². The fraction of sp³-hybridized carbons (Fsp3) is 0.824. The van der Waals surface area contributed by atoms with E-state index in [1.54, 1.807) is 4.90 Å². The van der Waals surface area contributed by atoms with E-state index in [0.717, 1.165) is 13.1 Å². The minimum Gasteiger partial charge on any atom is -0.444 e. The van der Waals surface area contributed by atoms with Crippen molar-refractivity contribution in [3.05, 3.63) is 11.8 Å². The molecule has 0 bridgehead atoms. The van der Waals surface area contributed by atoms with Crippen LogP contribution in [0.2, 0.25) is 0 Å². The lowest BCUT2D eigenvalue weighted by Gasteiger charge is -2.39. The molecule has 1 aromatic rings. The van der Waals surface area contributed by atoms with E-state index in [1.165, 1.54) is 0 Å². The molecule has 1 atom stereocenters. The molecule has 1 fully saturated rings. The SMILES string of the molecule is C[C@@H]1CN(Cc2nnc(C(C)(C)C)o2)CCN1C(=O)OC(C)(C)C. The van der Waals surface area contributed by atoms with Gasteiger partial charge in [0.05, 0.1) is 6.54 Å². The monoisotopic (exact) mass is 338 g/mol. The summed E-state index contributed by atoms with van der Waals surface area (Å²) in [6, 6.07) is 0.0820. The Balaban J connectivity index is 1.91. The van der Waals surface area contributed by atoms with Gasteiger partial charge in [-0.05, 0) is 27.7 Å². The molecule has 0 saturated carbocycles. The van der Waals surface area contributed by atoms with Crippen LogP contribution in [0.4, 0.5) is 4.79 Å². The Bertz CT molecular complexity index is 571. The largest absolute Gasteiger partial charge is 0.444 e. The normalized spacial score (nSPS) is 20.3. The summed E-state index contributed by atoms with van der Waals surface area (Å²) < 4.78 is 11.2. The average Bonchev–Trinajstić information content (AvgIpc) is 2.85. The summed E-state index contributed by atoms with van der Waals surface area (Å²) in [4.78, 5) is 16.3. The fourth-order valence-electron chi connectivity index (χ4n) is 2.58. The van der Waals surface area contributed by atoms with Crippen molar-refractivity contribution in [3.63, 3.8) is 0 Å². The molecule has 1 aliphatic heterocycles. The van der Waals surface area contributed by atoms with Gasteiger partial charge in [-0.15, -0.1) is 10.2 Å². The zero-order valence-corrected chi connectivity index (χ0v) is 15.9. The van der Waals surface area contributed by atoms with Crippen LogP contribution in [0.25, 0.3) is 0 Å². The molecular weight excluding hydrogens is 308 g/mol. The van der Waals surface area contributed by atoms with Crippen LogP contribution in [0.1, 0.15) is 60.2 Å². The molecule has 24 heavy (non-hydrogen) atoms. The molecule has 2 heterocycles. The molecule has 0 aromatic carbocycles. The van der Waals surface area contributed by atoms with Gasteiger partial charge in [0.2, 0.25) is 11.8 Å². The number of piperazine rings is 1. The molecule has 2 rings (SSSR count). The van der Waals surface area contributed by atoms with E-state index in [2.05, 4.69) is 15.1 Å². The van der Waals surface area contributed by atoms with Crippen molar-refractivity contribution >= 4 is 6.09 Å². The van der Waals surface area contributed by atoms with Gasteiger partial charge in [0.15, 0.2) is 0 Å². The van der Waals surface area contributed by atoms with Gasteiger partial charge in [0.25, 0.3) is 0 Å². The van der Waals surface area contributed by atoms with Gasteiger partial charge in [0.1, 0.15) is 5.60 Å². The summed E-state index contributed by atoms with van der Waals surface area (Å²) in [6.07, 6.45) is -0.248. The van der Waals surface area contributed by atoms with E-state index in [-0.39, 0.29) is 17.6 Å². The lowest BCUT2D eigenvalue weighted by atomic mass is 9.97. The maximum absolute atomic E-state index is 12.2. The Morgan fingerprint density at radius 2 is 1.88 bits per heavy atom. The second kappa shape index (κ2) is 6.70. The van der Waals surface area contributed by atoms with E-state index in [4.69, 9.17) is 9.15 Å². The van der Waals surface area contributed by atoms with Crippen molar-refractivity contribution < 1.29 is 13.9 Å². The van der Waals surface area contributed by atoms with E-state index in [0.29, 0.717) is 24.9 Å². The highest BCUT2D eigenvalue weighted by molar-refractivity contribution is 5.68. The third-order valence-corrected chi connectivity index (χ3v) is 3.81. The maximum Gasteiger partial charge on any atom is 0.410 e. The smallest absolute Gasteiger partial charge is 0.410 e. The van der Waals surface area contributed by atoms with Gasteiger partial charge in [-0.2, -0.15) is 0 Å². The standard InChI is InChI=1S/C17H30N4O3/c1-12-10-20(8-9-21(12)15(22)24-17(5,6)7)11-13-18-19-14(23-13)16(2,3)4/h12H,8-11H2,1-7H3/t12-/m1/s1. The highest BCUT2D eigenvalue weighted by Gasteiger charge is 2.31. The minimum atomic E-state index is -0.471. The Labute approximate surface area is 144 Å². The second-order valence-corrected chi connectivity index (χ2v) is 8.51. The molecule has 136 valence electrons. The average molecular weight is 338 g/mol. The van der Waals surface area contributed by atoms with E-state index < -0.39 is 5.60 Å². The molecule has 0 unspecified atom stereocenters. The molecule has 1 saturated heterocycles. The number of carbonyl (C=O) groups is 1. The zero-order chi connectivity index (χ0) is 18.1. The van der Waals surface area contributed by atoms with Gasteiger partial charge in [-0.25, -0.2) is 4.79 Å². The van der Waals surface area contributed by atoms with Crippen molar-refractivity contribution in [2.45, 2.75) is 72.1 Å². The molecule has 1 aromatic heterocycles. The quantitative estimate of drug-likeness (QED) is 0.826. The number of nitrogens with zero attached hydrogens (tertiary/aromatic N) is 4. The van der Waals surface area contributed by atoms with Crippen molar-refractivity contribution in [3.8, 4) is 0 Å². The van der Waals surface area contributed by atoms with E-state index in [9.17, 15) is 4.79 Å². The van der Waals surface area contributed by atoms with Crippen LogP contribution < -0.4 is 0 Å². The first-order valence-electron chi connectivity index (χ1n) is 8.50. The van der Waals surface area contributed by atoms with Crippen molar-refractivity contribution in [1.82, 2.24) is 20.0 Å². The molecular formula is C17H30N4O3. The lowest BCUT2D eigenvalue weighted by molar-refractivity contribution is -0.000332. The second-order valence-electron chi connectivity index (χ2n) is 8.51. The van der Waals surface area contributed by atoms with Crippen LogP contribution in [0.5, 0.6) is 0 Å². The van der Waals surface area contributed by atoms with Crippen LogP contribution in [0.3, 0.4) is 0 Å². The first-order chi connectivity index (χ1) is 11.0. The van der Waals surface area contributed by atoms with Gasteiger partial charge in [0, 0.05) is 31.1 Å². The molecule has 0 radical (unpaired) electrons. The third-order valence-electron chi connectivity index (χ3n) is 3.81. The molecule has 0 aliphatic carbocycles. The fourth-order valence-corrected chi connectivity index (χ4v) is 2.58. The van der Waals surface area contributed by atoms with Crippen LogP contribution in [-0.2, 0) is 16.7 Å². The number of amides is 1. The van der Waals surface area contributed by atoms with E-state index in [1.807, 2.05) is 48.5 Å². The number of hydrogen-bond donors (Lipinski definition) is 0. The van der Waals surface area contributed by atoms with Crippen LogP contribution in [0, 0.1) is 0 Å². The minimum absolute atomic E-state index is 0.0820. The Morgan fingerprint density at radius 1 is 1.21 bits per heavy atom. The van der Waals surface area contributed by atoms with Crippen LogP contribution in [0.15, 0.2) is 4.42 Å². The van der Waals surface area contributed by atoms with E-state index >= 15 is 0 Å². The van der Waals surface area contributed by atoms with Gasteiger partial charge in [-0.1, -0.05) is 20.8 Å². The maximum atomic E-state index is 12.2. The summed E-state index contributed by atoms with van der Waals surface area (Å²) in [5, 5.41) is 8.27. The van der Waals surface area contributed by atoms with Gasteiger partial charge in [-0.3, -0.25) is 4.90 Å². The first-order valence-corrected chi connectivity index (χ1v) is 8.50. The third kappa shape index (κ3) is 4.93. The molecule has 7 nitrogen and oxygen atoms in total. The summed E-state index contributed by atoms with van der Waals surface area (Å²) >= 11 is 0. The summed E-state index contributed by atoms with van der Waals surface area (Å²) in [5.41, 5.74) is -0.616. The first kappa shape index (κ1) is 18.7. The molecule has 7 heteroatoms. The predicted molar refractivity (Wildman–Crippen MR) is 90.7 cm³/mol. The van der Waals surface area contributed by atoms with Crippen molar-refractivity contribution in [1.29, 1.82) is 0 Å². The Morgan fingerprint density at radius 3 is 2.38 bits per heavy atom. The topological polar surface area (TPSA) is 71.7 Å². The highest BCUT2D eigenvalue weighted by atomic mass is 16.6. The molecule has 1 aliphatic rings. The van der Waals surface area contributed by atoms with Gasteiger partial charge >= 0.3 is 6.09 Å². The number of ether oxygens (including phenoxy) is 1. The van der Waals surface area contributed by atoms with Crippen LogP contribution >= 0.6 is 0 Å². The van der Waals surface area contributed by atoms with Gasteiger partial charge < -0.3 is 14.1 Å². The summed E-state index contributed by atoms with van der Waals surface area (Å²) in [5.74, 6) is 1.27. The number of carbonyl (C=O) groups excluding carboxylic acids is 1. The molecule has 0 N–H and O–H groups in total. The zero-order valence-electron chi connectivity index (χ0n) is 15.9. The summed E-state index contributed by atoms with van der Waals surface area (Å²) in [6.45, 7) is 16.6. The Hall–Kier alpha value is -1.63. The number of hydrogen-bond acceptors (Lipinski definition) is 6. The summed E-state index contributed by atoms with van der Waals surface area (Å²) in [7, 11) is 0. The highest BCUT2D eigenvalue weighted by Crippen LogP contribution is 2.22. The molecule has 0 spiro atoms. The lowest BCUT2D eigenvalue weighted by Crippen LogP contribution is -2.54. The predicted octanol–water partition coefficient (Wildman–Crippen LogP) is 2.81. The number of aromatic nitrogens is 2.